The maximum atomic E-state index is 8.65. The van der Waals surface area contributed by atoms with Crippen molar-refractivity contribution in [3.63, 3.8) is 0 Å². The van der Waals surface area contributed by atoms with Crippen molar-refractivity contribution in [1.29, 1.82) is 0 Å². The summed E-state index contributed by atoms with van der Waals surface area (Å²) in [5.41, 5.74) is 6.73. The second-order valence-electron chi connectivity index (χ2n) is 3.25. The molecule has 1 atom stereocenters. The summed E-state index contributed by atoms with van der Waals surface area (Å²) in [5.74, 6) is 0. The Hall–Kier alpha value is -0.900. The van der Waals surface area contributed by atoms with E-state index in [0.717, 1.165) is 6.42 Å². The molecular weight excluding hydrogens is 178 g/mol. The highest BCUT2D eigenvalue weighted by molar-refractivity contribution is 5.14. The lowest BCUT2D eigenvalue weighted by Crippen LogP contribution is -2.30. The van der Waals surface area contributed by atoms with Crippen molar-refractivity contribution in [2.45, 2.75) is 12.5 Å². The fraction of sp³-hybridized carbons (Fsp3) is 0.455. The van der Waals surface area contributed by atoms with E-state index in [2.05, 4.69) is 12.1 Å². The number of benzene rings is 1. The van der Waals surface area contributed by atoms with Crippen molar-refractivity contribution in [3.05, 3.63) is 35.9 Å². The molecule has 14 heavy (non-hydrogen) atoms. The molecule has 0 bridgehead atoms. The zero-order valence-corrected chi connectivity index (χ0v) is 8.23. The summed E-state index contributed by atoms with van der Waals surface area (Å²) < 4.78 is 5.31. The molecule has 0 aliphatic rings. The first-order chi connectivity index (χ1) is 6.83. The van der Waals surface area contributed by atoms with Gasteiger partial charge in [0.05, 0.1) is 25.9 Å². The first-order valence-corrected chi connectivity index (χ1v) is 4.81. The van der Waals surface area contributed by atoms with E-state index < -0.39 is 0 Å². The van der Waals surface area contributed by atoms with Crippen LogP contribution < -0.4 is 5.73 Å². The summed E-state index contributed by atoms with van der Waals surface area (Å²) in [5, 5.41) is 8.65. The number of aliphatic hydroxyl groups is 1. The van der Waals surface area contributed by atoms with Crippen molar-refractivity contribution >= 4 is 0 Å². The van der Waals surface area contributed by atoms with Gasteiger partial charge in [-0.15, -0.1) is 0 Å². The molecule has 0 aliphatic carbocycles. The number of nitrogens with two attached hydrogens (primary N) is 1. The van der Waals surface area contributed by atoms with Crippen molar-refractivity contribution in [2.75, 3.05) is 19.8 Å². The van der Waals surface area contributed by atoms with Crippen LogP contribution in [0.1, 0.15) is 5.56 Å². The molecule has 1 aromatic carbocycles. The van der Waals surface area contributed by atoms with Crippen LogP contribution in [0.25, 0.3) is 0 Å². The maximum absolute atomic E-state index is 8.65. The molecule has 0 aromatic heterocycles. The third-order valence-corrected chi connectivity index (χ3v) is 1.94. The van der Waals surface area contributed by atoms with Crippen LogP contribution in [0, 0.1) is 0 Å². The van der Waals surface area contributed by atoms with E-state index in [1.165, 1.54) is 5.56 Å². The molecular formula is C11H17NO2. The number of rotatable bonds is 6. The van der Waals surface area contributed by atoms with Gasteiger partial charge in [0.25, 0.3) is 0 Å². The lowest BCUT2D eigenvalue weighted by Gasteiger charge is -2.08. The van der Waals surface area contributed by atoms with Crippen molar-refractivity contribution in [1.82, 2.24) is 0 Å². The predicted molar refractivity (Wildman–Crippen MR) is 56.0 cm³/mol. The molecule has 0 aliphatic heterocycles. The average Bonchev–Trinajstić information content (AvgIpc) is 2.25. The van der Waals surface area contributed by atoms with Crippen molar-refractivity contribution in [3.8, 4) is 0 Å². The molecule has 0 spiro atoms. The van der Waals surface area contributed by atoms with Gasteiger partial charge in [-0.2, -0.15) is 0 Å². The molecule has 3 N–H and O–H groups in total. The van der Waals surface area contributed by atoms with Gasteiger partial charge in [0.1, 0.15) is 0 Å². The number of hydrogen-bond acceptors (Lipinski definition) is 3. The van der Waals surface area contributed by atoms with Crippen LogP contribution in [0.15, 0.2) is 30.3 Å². The van der Waals surface area contributed by atoms with E-state index in [-0.39, 0.29) is 12.6 Å². The summed E-state index contributed by atoms with van der Waals surface area (Å²) in [4.78, 5) is 0. The molecule has 0 radical (unpaired) electrons. The van der Waals surface area contributed by atoms with E-state index in [1.807, 2.05) is 18.2 Å². The quantitative estimate of drug-likeness (QED) is 0.652. The lowest BCUT2D eigenvalue weighted by atomic mass is 10.2. The number of ether oxygens (including phenoxy) is 1. The summed E-state index contributed by atoms with van der Waals surface area (Å²) in [6, 6.07) is 9.88. The molecule has 0 heterocycles. The first-order valence-electron chi connectivity index (χ1n) is 4.81. The average molecular weight is 195 g/mol. The number of aliphatic hydroxyl groups excluding tert-OH is 1. The first kappa shape index (κ1) is 11.2. The van der Waals surface area contributed by atoms with Gasteiger partial charge in [-0.3, -0.25) is 0 Å². The van der Waals surface area contributed by atoms with Gasteiger partial charge in [0.15, 0.2) is 0 Å². The fourth-order valence-electron chi connectivity index (χ4n) is 1.12. The molecule has 3 nitrogen and oxygen atoms in total. The van der Waals surface area contributed by atoms with Crippen molar-refractivity contribution in [2.24, 2.45) is 5.73 Å². The summed E-state index contributed by atoms with van der Waals surface area (Å²) in [6.07, 6.45) is 0.888. The standard InChI is InChI=1S/C11H17NO2/c12-11(8-13)9-14-7-6-10-4-2-1-3-5-10/h1-5,11,13H,6-9,12H2/t11-/m1/s1. The Kier molecular flexibility index (Phi) is 5.22. The molecule has 3 heteroatoms. The predicted octanol–water partition coefficient (Wildman–Crippen LogP) is 0.565. The van der Waals surface area contributed by atoms with Gasteiger partial charge in [-0.05, 0) is 12.0 Å². The Morgan fingerprint density at radius 2 is 2.00 bits per heavy atom. The van der Waals surface area contributed by atoms with Crippen molar-refractivity contribution < 1.29 is 9.84 Å². The van der Waals surface area contributed by atoms with Crippen LogP contribution in [0.5, 0.6) is 0 Å². The zero-order chi connectivity index (χ0) is 10.2. The molecule has 1 aromatic rings. The monoisotopic (exact) mass is 195 g/mol. The van der Waals surface area contributed by atoms with Crippen LogP contribution in [-0.4, -0.2) is 31.0 Å². The summed E-state index contributed by atoms with van der Waals surface area (Å²) in [7, 11) is 0. The third kappa shape index (κ3) is 4.37. The fourth-order valence-corrected chi connectivity index (χ4v) is 1.12. The minimum Gasteiger partial charge on any atom is -0.395 e. The van der Waals surface area contributed by atoms with Gasteiger partial charge < -0.3 is 15.6 Å². The van der Waals surface area contributed by atoms with Crippen LogP contribution in [0.2, 0.25) is 0 Å². The topological polar surface area (TPSA) is 55.5 Å². The van der Waals surface area contributed by atoms with Gasteiger partial charge >= 0.3 is 0 Å². The summed E-state index contributed by atoms with van der Waals surface area (Å²) in [6.45, 7) is 1.05. The Bertz CT molecular complexity index is 238. The third-order valence-electron chi connectivity index (χ3n) is 1.94. The minimum absolute atomic E-state index is 0.0225. The Morgan fingerprint density at radius 3 is 2.64 bits per heavy atom. The highest BCUT2D eigenvalue weighted by Gasteiger charge is 1.99. The zero-order valence-electron chi connectivity index (χ0n) is 8.23. The molecule has 0 amide bonds. The Labute approximate surface area is 84.5 Å². The normalized spacial score (nSPS) is 12.7. The minimum atomic E-state index is -0.259. The highest BCUT2D eigenvalue weighted by Crippen LogP contribution is 1.99. The highest BCUT2D eigenvalue weighted by atomic mass is 16.5. The van der Waals surface area contributed by atoms with Gasteiger partial charge in [-0.25, -0.2) is 0 Å². The van der Waals surface area contributed by atoms with E-state index in [1.54, 1.807) is 0 Å². The van der Waals surface area contributed by atoms with E-state index in [0.29, 0.717) is 13.2 Å². The van der Waals surface area contributed by atoms with Gasteiger partial charge in [0, 0.05) is 0 Å². The lowest BCUT2D eigenvalue weighted by molar-refractivity contribution is 0.103. The molecule has 0 unspecified atom stereocenters. The van der Waals surface area contributed by atoms with Crippen LogP contribution in [-0.2, 0) is 11.2 Å². The van der Waals surface area contributed by atoms with Gasteiger partial charge in [-0.1, -0.05) is 30.3 Å². The molecule has 1 rings (SSSR count). The summed E-state index contributed by atoms with van der Waals surface area (Å²) >= 11 is 0. The largest absolute Gasteiger partial charge is 0.395 e. The van der Waals surface area contributed by atoms with Gasteiger partial charge in [0.2, 0.25) is 0 Å². The van der Waals surface area contributed by atoms with Crippen LogP contribution >= 0.6 is 0 Å². The SMILES string of the molecule is N[C@H](CO)COCCc1ccccc1. The molecule has 78 valence electrons. The molecule has 0 saturated carbocycles. The van der Waals surface area contributed by atoms with Crippen LogP contribution in [0.4, 0.5) is 0 Å². The smallest absolute Gasteiger partial charge is 0.0640 e. The Morgan fingerprint density at radius 1 is 1.29 bits per heavy atom. The maximum Gasteiger partial charge on any atom is 0.0640 e. The Balaban J connectivity index is 2.10. The molecule has 0 fully saturated rings. The van der Waals surface area contributed by atoms with E-state index in [4.69, 9.17) is 15.6 Å². The number of hydrogen-bond donors (Lipinski definition) is 2. The van der Waals surface area contributed by atoms with E-state index in [9.17, 15) is 0 Å². The second kappa shape index (κ2) is 6.54. The van der Waals surface area contributed by atoms with Crippen LogP contribution in [0.3, 0.4) is 0 Å². The van der Waals surface area contributed by atoms with E-state index >= 15 is 0 Å². The second-order valence-corrected chi connectivity index (χ2v) is 3.25. The molecule has 0 saturated heterocycles.